The first-order chi connectivity index (χ1) is 12.1. The van der Waals surface area contributed by atoms with Crippen LogP contribution >= 0.6 is 0 Å². The van der Waals surface area contributed by atoms with Gasteiger partial charge in [-0.1, -0.05) is 0 Å². The topological polar surface area (TPSA) is 17.1 Å². The Morgan fingerprint density at radius 1 is 0.800 bits per heavy atom. The molecule has 0 saturated carbocycles. The summed E-state index contributed by atoms with van der Waals surface area (Å²) in [5, 5.41) is 0. The second kappa shape index (κ2) is 7.73. The Morgan fingerprint density at radius 2 is 1.36 bits per heavy atom. The van der Waals surface area contributed by atoms with Gasteiger partial charge in [0.05, 0.1) is 0 Å². The number of aldehydes is 1. The van der Waals surface area contributed by atoms with E-state index >= 15 is 8.78 Å². The quantitative estimate of drug-likeness (QED) is 0.457. The predicted octanol–water partition coefficient (Wildman–Crippen LogP) is 3.42. The van der Waals surface area contributed by atoms with Crippen LogP contribution in [0.2, 0.25) is 0 Å². The maximum absolute atomic E-state index is 15.2. The summed E-state index contributed by atoms with van der Waals surface area (Å²) in [5.41, 5.74) is 0.254. The SMILES string of the molecule is O=CC(c1ccccc1)C(F)(F)c1ccccc1[Se]c1ccccc1. The van der Waals surface area contributed by atoms with Gasteiger partial charge in [-0.15, -0.1) is 0 Å². The van der Waals surface area contributed by atoms with E-state index in [4.69, 9.17) is 0 Å². The van der Waals surface area contributed by atoms with Crippen molar-refractivity contribution >= 4 is 30.2 Å². The summed E-state index contributed by atoms with van der Waals surface area (Å²) in [4.78, 5) is 11.5. The molecular formula is C21H16F2OSe. The molecule has 0 aliphatic carbocycles. The summed E-state index contributed by atoms with van der Waals surface area (Å²) in [6.07, 6.45) is 0.349. The number of hydrogen-bond donors (Lipinski definition) is 0. The van der Waals surface area contributed by atoms with Crippen molar-refractivity contribution in [2.45, 2.75) is 11.8 Å². The molecule has 126 valence electrons. The van der Waals surface area contributed by atoms with Gasteiger partial charge in [0.2, 0.25) is 0 Å². The van der Waals surface area contributed by atoms with Crippen LogP contribution in [0.5, 0.6) is 0 Å². The van der Waals surface area contributed by atoms with Gasteiger partial charge in [0.15, 0.2) is 0 Å². The Kier molecular flexibility index (Phi) is 5.42. The maximum atomic E-state index is 15.2. The van der Waals surface area contributed by atoms with Gasteiger partial charge in [0, 0.05) is 0 Å². The van der Waals surface area contributed by atoms with Crippen molar-refractivity contribution in [2.24, 2.45) is 0 Å². The Labute approximate surface area is 151 Å². The molecule has 3 aromatic carbocycles. The molecule has 0 spiro atoms. The first-order valence-corrected chi connectivity index (χ1v) is 9.54. The number of halogens is 2. The normalized spacial score (nSPS) is 12.6. The third-order valence-corrected chi connectivity index (χ3v) is 6.18. The van der Waals surface area contributed by atoms with Gasteiger partial charge in [-0.2, -0.15) is 0 Å². The molecule has 4 heteroatoms. The van der Waals surface area contributed by atoms with Crippen molar-refractivity contribution in [1.82, 2.24) is 0 Å². The van der Waals surface area contributed by atoms with E-state index in [2.05, 4.69) is 0 Å². The Hall–Kier alpha value is -2.29. The number of alkyl halides is 2. The van der Waals surface area contributed by atoms with E-state index in [1.54, 1.807) is 48.5 Å². The molecule has 0 radical (unpaired) electrons. The van der Waals surface area contributed by atoms with Crippen molar-refractivity contribution in [3.63, 3.8) is 0 Å². The number of carbonyl (C=O) groups excluding carboxylic acids is 1. The Balaban J connectivity index is 2.01. The van der Waals surface area contributed by atoms with Gasteiger partial charge in [-0.3, -0.25) is 0 Å². The van der Waals surface area contributed by atoms with E-state index in [-0.39, 0.29) is 20.5 Å². The molecule has 1 unspecified atom stereocenters. The van der Waals surface area contributed by atoms with Crippen LogP contribution in [0.1, 0.15) is 17.0 Å². The van der Waals surface area contributed by atoms with Crippen molar-refractivity contribution in [2.75, 3.05) is 0 Å². The predicted molar refractivity (Wildman–Crippen MR) is 97.0 cm³/mol. The molecule has 0 amide bonds. The second-order valence-electron chi connectivity index (χ2n) is 5.56. The molecule has 3 aromatic rings. The molecule has 0 saturated heterocycles. The number of hydrogen-bond acceptors (Lipinski definition) is 1. The molecule has 0 bridgehead atoms. The summed E-state index contributed by atoms with van der Waals surface area (Å²) >= 11 is -0.259. The first-order valence-electron chi connectivity index (χ1n) is 7.83. The van der Waals surface area contributed by atoms with Gasteiger partial charge in [-0.25, -0.2) is 0 Å². The summed E-state index contributed by atoms with van der Waals surface area (Å²) in [6.45, 7) is 0. The van der Waals surface area contributed by atoms with E-state index < -0.39 is 11.8 Å². The summed E-state index contributed by atoms with van der Waals surface area (Å²) in [7, 11) is 0. The van der Waals surface area contributed by atoms with Crippen molar-refractivity contribution < 1.29 is 13.6 Å². The molecule has 1 nitrogen and oxygen atoms in total. The molecule has 1 atom stereocenters. The van der Waals surface area contributed by atoms with Gasteiger partial charge < -0.3 is 0 Å². The van der Waals surface area contributed by atoms with Crippen molar-refractivity contribution in [3.8, 4) is 0 Å². The molecule has 0 aliphatic heterocycles. The number of carbonyl (C=O) groups is 1. The molecule has 0 N–H and O–H groups in total. The number of rotatable bonds is 6. The molecule has 0 aliphatic rings. The average molecular weight is 401 g/mol. The number of benzene rings is 3. The fourth-order valence-electron chi connectivity index (χ4n) is 2.65. The average Bonchev–Trinajstić information content (AvgIpc) is 2.64. The minimum atomic E-state index is -3.27. The fraction of sp³-hybridized carbons (Fsp3) is 0.0952. The van der Waals surface area contributed by atoms with Crippen LogP contribution in [-0.4, -0.2) is 21.2 Å². The van der Waals surface area contributed by atoms with E-state index in [0.29, 0.717) is 16.3 Å². The van der Waals surface area contributed by atoms with E-state index in [0.717, 1.165) is 4.46 Å². The van der Waals surface area contributed by atoms with Crippen LogP contribution in [0, 0.1) is 0 Å². The zero-order valence-electron chi connectivity index (χ0n) is 13.3. The zero-order chi connectivity index (χ0) is 17.7. The second-order valence-corrected chi connectivity index (χ2v) is 7.90. The van der Waals surface area contributed by atoms with E-state index in [1.165, 1.54) is 6.07 Å². The Morgan fingerprint density at radius 3 is 2.00 bits per heavy atom. The van der Waals surface area contributed by atoms with Crippen LogP contribution in [0.3, 0.4) is 0 Å². The van der Waals surface area contributed by atoms with Crippen molar-refractivity contribution in [1.29, 1.82) is 0 Å². The molecule has 0 heterocycles. The third kappa shape index (κ3) is 3.87. The third-order valence-electron chi connectivity index (χ3n) is 3.90. The van der Waals surface area contributed by atoms with Crippen LogP contribution in [-0.2, 0) is 10.7 Å². The van der Waals surface area contributed by atoms with Crippen LogP contribution < -0.4 is 8.92 Å². The van der Waals surface area contributed by atoms with E-state index in [1.807, 2.05) is 30.3 Å². The molecule has 0 aromatic heterocycles. The Bertz CT molecular complexity index is 835. The molecule has 0 fully saturated rings. The van der Waals surface area contributed by atoms with Gasteiger partial charge in [0.1, 0.15) is 0 Å². The van der Waals surface area contributed by atoms with E-state index in [9.17, 15) is 4.79 Å². The standard InChI is InChI=1S/C21H16F2OSe/c22-21(23,19(15-24)16-9-3-1-4-10-16)18-13-7-8-14-20(18)25-17-11-5-2-6-12-17/h1-15,19H. The van der Waals surface area contributed by atoms with Crippen LogP contribution in [0.4, 0.5) is 8.78 Å². The van der Waals surface area contributed by atoms with Crippen LogP contribution in [0.25, 0.3) is 0 Å². The summed E-state index contributed by atoms with van der Waals surface area (Å²) < 4.78 is 32.1. The first kappa shape index (κ1) is 17.5. The molecule has 25 heavy (non-hydrogen) atoms. The van der Waals surface area contributed by atoms with Gasteiger partial charge in [-0.05, 0) is 0 Å². The molecule has 3 rings (SSSR count). The van der Waals surface area contributed by atoms with Crippen molar-refractivity contribution in [3.05, 3.63) is 96.1 Å². The van der Waals surface area contributed by atoms with Gasteiger partial charge in [0.25, 0.3) is 0 Å². The zero-order valence-corrected chi connectivity index (χ0v) is 15.0. The fourth-order valence-corrected chi connectivity index (χ4v) is 4.76. The molecular weight excluding hydrogens is 385 g/mol. The summed E-state index contributed by atoms with van der Waals surface area (Å²) in [6, 6.07) is 24.3. The monoisotopic (exact) mass is 402 g/mol. The van der Waals surface area contributed by atoms with Gasteiger partial charge >= 0.3 is 152 Å². The van der Waals surface area contributed by atoms with Crippen LogP contribution in [0.15, 0.2) is 84.9 Å². The minimum absolute atomic E-state index is 0.0696. The summed E-state index contributed by atoms with van der Waals surface area (Å²) in [5.74, 6) is -4.77.